The normalized spacial score (nSPS) is 23.7. The van der Waals surface area contributed by atoms with Gasteiger partial charge in [-0.05, 0) is 44.4 Å². The SMILES string of the molecule is Cl.O=C(CC1CCCN1)NC1CCCN(c2ccccc2Cl)C1=O. The quantitative estimate of drug-likeness (QED) is 0.854. The molecule has 1 aromatic carbocycles. The summed E-state index contributed by atoms with van der Waals surface area (Å²) in [6, 6.07) is 7.11. The molecular formula is C17H23Cl2N3O2. The van der Waals surface area contributed by atoms with E-state index in [1.165, 1.54) is 0 Å². The third kappa shape index (κ3) is 4.41. The van der Waals surface area contributed by atoms with Gasteiger partial charge in [0.2, 0.25) is 11.8 Å². The first kappa shape index (κ1) is 19.0. The van der Waals surface area contributed by atoms with E-state index in [1.807, 2.05) is 18.2 Å². The van der Waals surface area contributed by atoms with Crippen LogP contribution in [-0.4, -0.2) is 37.0 Å². The molecule has 2 N–H and O–H groups in total. The molecule has 0 aliphatic carbocycles. The van der Waals surface area contributed by atoms with Crippen molar-refractivity contribution in [1.29, 1.82) is 0 Å². The van der Waals surface area contributed by atoms with Crippen LogP contribution in [0.1, 0.15) is 32.1 Å². The summed E-state index contributed by atoms with van der Waals surface area (Å²) in [6.45, 7) is 1.61. The van der Waals surface area contributed by atoms with Crippen LogP contribution in [0.2, 0.25) is 5.02 Å². The standard InChI is InChI=1S/C17H22ClN3O2.ClH/c18-13-6-1-2-8-15(13)21-10-4-7-14(17(21)23)20-16(22)11-12-5-3-9-19-12;/h1-2,6,8,12,14,19H,3-5,7,9-11H2,(H,20,22);1H. The van der Waals surface area contributed by atoms with Gasteiger partial charge in [0, 0.05) is 19.0 Å². The zero-order valence-electron chi connectivity index (χ0n) is 13.5. The van der Waals surface area contributed by atoms with Gasteiger partial charge in [0.15, 0.2) is 0 Å². The molecule has 3 rings (SSSR count). The van der Waals surface area contributed by atoms with Gasteiger partial charge in [0.05, 0.1) is 10.7 Å². The van der Waals surface area contributed by atoms with E-state index in [2.05, 4.69) is 10.6 Å². The monoisotopic (exact) mass is 371 g/mol. The smallest absolute Gasteiger partial charge is 0.249 e. The van der Waals surface area contributed by atoms with E-state index in [1.54, 1.807) is 11.0 Å². The summed E-state index contributed by atoms with van der Waals surface area (Å²) >= 11 is 6.20. The second kappa shape index (κ2) is 8.70. The Morgan fingerprint density at radius 3 is 2.79 bits per heavy atom. The van der Waals surface area contributed by atoms with Crippen LogP contribution in [0.25, 0.3) is 0 Å². The highest BCUT2D eigenvalue weighted by Crippen LogP contribution is 2.28. The molecule has 24 heavy (non-hydrogen) atoms. The lowest BCUT2D eigenvalue weighted by molar-refractivity contribution is -0.128. The van der Waals surface area contributed by atoms with Crippen LogP contribution in [0.3, 0.4) is 0 Å². The number of amides is 2. The van der Waals surface area contributed by atoms with E-state index >= 15 is 0 Å². The highest BCUT2D eigenvalue weighted by molar-refractivity contribution is 6.33. The molecule has 0 bridgehead atoms. The van der Waals surface area contributed by atoms with Crippen LogP contribution < -0.4 is 15.5 Å². The summed E-state index contributed by atoms with van der Waals surface area (Å²) in [5.41, 5.74) is 0.718. The van der Waals surface area contributed by atoms with Gasteiger partial charge in [-0.3, -0.25) is 9.59 Å². The van der Waals surface area contributed by atoms with Crippen LogP contribution in [0, 0.1) is 0 Å². The molecule has 2 unspecified atom stereocenters. The number of hydrogen-bond donors (Lipinski definition) is 2. The molecule has 0 saturated carbocycles. The van der Waals surface area contributed by atoms with E-state index < -0.39 is 6.04 Å². The van der Waals surface area contributed by atoms with E-state index in [-0.39, 0.29) is 30.3 Å². The summed E-state index contributed by atoms with van der Waals surface area (Å²) < 4.78 is 0. The Hall–Kier alpha value is -1.30. The summed E-state index contributed by atoms with van der Waals surface area (Å²) in [6.07, 6.45) is 4.11. The number of hydrogen-bond acceptors (Lipinski definition) is 3. The average molecular weight is 372 g/mol. The first-order valence-corrected chi connectivity index (χ1v) is 8.61. The highest BCUT2D eigenvalue weighted by atomic mass is 35.5. The summed E-state index contributed by atoms with van der Waals surface area (Å²) in [5.74, 6) is -0.124. The van der Waals surface area contributed by atoms with Crippen molar-refractivity contribution < 1.29 is 9.59 Å². The number of rotatable bonds is 4. The second-order valence-electron chi connectivity index (χ2n) is 6.20. The molecule has 2 aliphatic rings. The minimum atomic E-state index is -0.450. The zero-order valence-corrected chi connectivity index (χ0v) is 15.0. The van der Waals surface area contributed by atoms with Crippen LogP contribution in [-0.2, 0) is 9.59 Å². The topological polar surface area (TPSA) is 61.4 Å². The number of halogens is 2. The number of carbonyl (C=O) groups excluding carboxylic acids is 2. The first-order chi connectivity index (χ1) is 11.1. The van der Waals surface area contributed by atoms with E-state index in [9.17, 15) is 9.59 Å². The fraction of sp³-hybridized carbons (Fsp3) is 0.529. The fourth-order valence-electron chi connectivity index (χ4n) is 3.33. The number of benzene rings is 1. The number of nitrogens with one attached hydrogen (secondary N) is 2. The summed E-state index contributed by atoms with van der Waals surface area (Å²) in [4.78, 5) is 26.5. The molecule has 2 fully saturated rings. The second-order valence-corrected chi connectivity index (χ2v) is 6.61. The Balaban J connectivity index is 0.00000208. The van der Waals surface area contributed by atoms with Gasteiger partial charge < -0.3 is 15.5 Å². The number of anilines is 1. The lowest BCUT2D eigenvalue weighted by Crippen LogP contribution is -2.53. The predicted octanol–water partition coefficient (Wildman–Crippen LogP) is 2.52. The van der Waals surface area contributed by atoms with Crippen molar-refractivity contribution in [2.24, 2.45) is 0 Å². The Morgan fingerprint density at radius 1 is 1.29 bits per heavy atom. The highest BCUT2D eigenvalue weighted by Gasteiger charge is 2.32. The lowest BCUT2D eigenvalue weighted by atomic mass is 10.0. The van der Waals surface area contributed by atoms with Gasteiger partial charge in [-0.2, -0.15) is 0 Å². The molecule has 7 heteroatoms. The van der Waals surface area contributed by atoms with Crippen molar-refractivity contribution in [3.8, 4) is 0 Å². The maximum Gasteiger partial charge on any atom is 0.249 e. The molecule has 2 atom stereocenters. The largest absolute Gasteiger partial charge is 0.344 e. The molecule has 0 aromatic heterocycles. The molecule has 2 aliphatic heterocycles. The summed E-state index contributed by atoms with van der Waals surface area (Å²) in [7, 11) is 0. The zero-order chi connectivity index (χ0) is 16.2. The van der Waals surface area contributed by atoms with Crippen molar-refractivity contribution in [2.75, 3.05) is 18.0 Å². The molecule has 2 heterocycles. The Labute approximate surface area is 153 Å². The van der Waals surface area contributed by atoms with Gasteiger partial charge in [0.25, 0.3) is 0 Å². The molecule has 0 radical (unpaired) electrons. The summed E-state index contributed by atoms with van der Waals surface area (Å²) in [5, 5.41) is 6.76. The van der Waals surface area contributed by atoms with Crippen LogP contribution >= 0.6 is 24.0 Å². The van der Waals surface area contributed by atoms with Crippen molar-refractivity contribution in [2.45, 2.75) is 44.2 Å². The van der Waals surface area contributed by atoms with Crippen molar-refractivity contribution in [1.82, 2.24) is 10.6 Å². The molecule has 0 spiro atoms. The minimum Gasteiger partial charge on any atom is -0.344 e. The predicted molar refractivity (Wildman–Crippen MR) is 97.9 cm³/mol. The molecule has 132 valence electrons. The van der Waals surface area contributed by atoms with Crippen molar-refractivity contribution in [3.63, 3.8) is 0 Å². The van der Waals surface area contributed by atoms with Crippen LogP contribution in [0.4, 0.5) is 5.69 Å². The molecule has 2 saturated heterocycles. The van der Waals surface area contributed by atoms with Crippen LogP contribution in [0.15, 0.2) is 24.3 Å². The van der Waals surface area contributed by atoms with Gasteiger partial charge >= 0.3 is 0 Å². The third-order valence-electron chi connectivity index (χ3n) is 4.51. The Kier molecular flexibility index (Phi) is 6.90. The van der Waals surface area contributed by atoms with Gasteiger partial charge in [-0.15, -0.1) is 12.4 Å². The van der Waals surface area contributed by atoms with Crippen molar-refractivity contribution in [3.05, 3.63) is 29.3 Å². The van der Waals surface area contributed by atoms with Gasteiger partial charge in [0.1, 0.15) is 6.04 Å². The third-order valence-corrected chi connectivity index (χ3v) is 4.83. The van der Waals surface area contributed by atoms with E-state index in [0.717, 1.165) is 31.5 Å². The molecular weight excluding hydrogens is 349 g/mol. The number of carbonyl (C=O) groups is 2. The van der Waals surface area contributed by atoms with Crippen LogP contribution in [0.5, 0.6) is 0 Å². The molecule has 1 aromatic rings. The Bertz CT molecular complexity index is 591. The maximum atomic E-state index is 12.7. The van der Waals surface area contributed by atoms with Gasteiger partial charge in [-0.25, -0.2) is 0 Å². The number of piperidine rings is 1. The molecule has 5 nitrogen and oxygen atoms in total. The molecule has 2 amide bonds. The maximum absolute atomic E-state index is 12.7. The number of nitrogens with zero attached hydrogens (tertiary/aromatic N) is 1. The van der Waals surface area contributed by atoms with E-state index in [0.29, 0.717) is 24.4 Å². The van der Waals surface area contributed by atoms with Crippen molar-refractivity contribution >= 4 is 41.5 Å². The van der Waals surface area contributed by atoms with E-state index in [4.69, 9.17) is 11.6 Å². The lowest BCUT2D eigenvalue weighted by Gasteiger charge is -2.33. The number of para-hydroxylation sites is 1. The first-order valence-electron chi connectivity index (χ1n) is 8.24. The average Bonchev–Trinajstić information content (AvgIpc) is 3.03. The fourth-order valence-corrected chi connectivity index (χ4v) is 3.56. The Morgan fingerprint density at radius 2 is 2.08 bits per heavy atom. The minimum absolute atomic E-state index is 0. The van der Waals surface area contributed by atoms with Gasteiger partial charge in [-0.1, -0.05) is 23.7 Å².